The molecule has 0 fully saturated rings. The molecule has 150 valence electrons. The highest BCUT2D eigenvalue weighted by molar-refractivity contribution is 5.94. The van der Waals surface area contributed by atoms with Crippen molar-refractivity contribution in [3.8, 4) is 17.2 Å². The minimum atomic E-state index is -0.314. The molecule has 0 radical (unpaired) electrons. The molecule has 0 spiro atoms. The average Bonchev–Trinajstić information content (AvgIpc) is 2.78. The summed E-state index contributed by atoms with van der Waals surface area (Å²) in [4.78, 5) is 12.9. The van der Waals surface area contributed by atoms with Crippen LogP contribution in [0.5, 0.6) is 17.2 Å². The summed E-state index contributed by atoms with van der Waals surface area (Å²) in [6, 6.07) is 22.2. The number of carbonyl (C=O) groups is 1. The van der Waals surface area contributed by atoms with E-state index < -0.39 is 0 Å². The molecule has 0 bridgehead atoms. The SMILES string of the molecule is CCOc1ccc([C@H](NC(=O)c2ccc(OC)cc2)c2ccc(OC)cc2)cc1. The van der Waals surface area contributed by atoms with Crippen molar-refractivity contribution in [2.45, 2.75) is 13.0 Å². The Morgan fingerprint density at radius 2 is 1.21 bits per heavy atom. The largest absolute Gasteiger partial charge is 0.497 e. The molecule has 3 rings (SSSR count). The summed E-state index contributed by atoms with van der Waals surface area (Å²) in [5.74, 6) is 2.11. The standard InChI is InChI=1S/C24H25NO4/c1-4-29-22-15-7-18(8-16-22)23(17-5-11-20(27-2)12-6-17)25-24(26)19-9-13-21(28-3)14-10-19/h5-16,23H,4H2,1-3H3,(H,25,26)/t23-/m1/s1. The fourth-order valence-corrected chi connectivity index (χ4v) is 3.04. The summed E-state index contributed by atoms with van der Waals surface area (Å²) in [6.45, 7) is 2.55. The lowest BCUT2D eigenvalue weighted by atomic mass is 9.98. The van der Waals surface area contributed by atoms with Gasteiger partial charge in [0.2, 0.25) is 0 Å². The van der Waals surface area contributed by atoms with Crippen molar-refractivity contribution in [2.24, 2.45) is 0 Å². The van der Waals surface area contributed by atoms with E-state index in [1.807, 2.05) is 55.5 Å². The Balaban J connectivity index is 1.89. The third kappa shape index (κ3) is 5.08. The van der Waals surface area contributed by atoms with Crippen LogP contribution in [0, 0.1) is 0 Å². The number of benzene rings is 3. The third-order valence-electron chi connectivity index (χ3n) is 4.60. The van der Waals surface area contributed by atoms with E-state index in [0.717, 1.165) is 22.6 Å². The Morgan fingerprint density at radius 1 is 0.759 bits per heavy atom. The summed E-state index contributed by atoms with van der Waals surface area (Å²) >= 11 is 0. The second-order valence-electron chi connectivity index (χ2n) is 6.41. The van der Waals surface area contributed by atoms with E-state index in [2.05, 4.69) is 5.32 Å². The van der Waals surface area contributed by atoms with Crippen LogP contribution in [-0.2, 0) is 0 Å². The van der Waals surface area contributed by atoms with Crippen LogP contribution < -0.4 is 19.5 Å². The number of amides is 1. The van der Waals surface area contributed by atoms with Gasteiger partial charge in [-0.15, -0.1) is 0 Å². The number of methoxy groups -OCH3 is 2. The highest BCUT2D eigenvalue weighted by atomic mass is 16.5. The molecule has 29 heavy (non-hydrogen) atoms. The highest BCUT2D eigenvalue weighted by Gasteiger charge is 2.18. The molecule has 3 aromatic carbocycles. The second-order valence-corrected chi connectivity index (χ2v) is 6.41. The molecule has 1 amide bonds. The monoisotopic (exact) mass is 391 g/mol. The molecular formula is C24H25NO4. The molecule has 5 nitrogen and oxygen atoms in total. The zero-order valence-corrected chi connectivity index (χ0v) is 16.8. The predicted molar refractivity (Wildman–Crippen MR) is 113 cm³/mol. The number of rotatable bonds is 8. The Hall–Kier alpha value is -3.47. The quantitative estimate of drug-likeness (QED) is 0.609. The number of hydrogen-bond acceptors (Lipinski definition) is 4. The van der Waals surface area contributed by atoms with Gasteiger partial charge >= 0.3 is 0 Å². The summed E-state index contributed by atoms with van der Waals surface area (Å²) in [5.41, 5.74) is 2.48. The number of nitrogens with one attached hydrogen (secondary N) is 1. The minimum absolute atomic E-state index is 0.164. The van der Waals surface area contributed by atoms with Gasteiger partial charge in [0.05, 0.1) is 26.9 Å². The van der Waals surface area contributed by atoms with E-state index in [-0.39, 0.29) is 11.9 Å². The van der Waals surface area contributed by atoms with Crippen molar-refractivity contribution in [2.75, 3.05) is 20.8 Å². The van der Waals surface area contributed by atoms with E-state index in [0.29, 0.717) is 17.9 Å². The fourth-order valence-electron chi connectivity index (χ4n) is 3.04. The molecule has 0 saturated heterocycles. The van der Waals surface area contributed by atoms with Crippen LogP contribution in [0.15, 0.2) is 72.8 Å². The van der Waals surface area contributed by atoms with Gasteiger partial charge in [-0.25, -0.2) is 0 Å². The van der Waals surface area contributed by atoms with Gasteiger partial charge in [-0.05, 0) is 66.6 Å². The van der Waals surface area contributed by atoms with Gasteiger partial charge < -0.3 is 19.5 Å². The second kappa shape index (κ2) is 9.64. The van der Waals surface area contributed by atoms with Gasteiger partial charge in [-0.1, -0.05) is 24.3 Å². The van der Waals surface area contributed by atoms with E-state index in [4.69, 9.17) is 14.2 Å². The van der Waals surface area contributed by atoms with Crippen molar-refractivity contribution < 1.29 is 19.0 Å². The molecule has 0 aliphatic heterocycles. The van der Waals surface area contributed by atoms with Crippen LogP contribution in [0.2, 0.25) is 0 Å². The van der Waals surface area contributed by atoms with Crippen molar-refractivity contribution >= 4 is 5.91 Å². The maximum atomic E-state index is 12.9. The lowest BCUT2D eigenvalue weighted by Gasteiger charge is -2.21. The Bertz CT molecular complexity index is 919. The summed E-state index contributed by atoms with van der Waals surface area (Å²) in [7, 11) is 3.23. The molecule has 0 unspecified atom stereocenters. The first-order valence-electron chi connectivity index (χ1n) is 9.46. The number of hydrogen-bond donors (Lipinski definition) is 1. The van der Waals surface area contributed by atoms with Gasteiger partial charge in [0, 0.05) is 5.56 Å². The van der Waals surface area contributed by atoms with Crippen LogP contribution in [0.25, 0.3) is 0 Å². The summed E-state index contributed by atoms with van der Waals surface area (Å²) < 4.78 is 16.0. The molecule has 5 heteroatoms. The first kappa shape index (κ1) is 20.3. The first-order chi connectivity index (χ1) is 14.1. The van der Waals surface area contributed by atoms with E-state index >= 15 is 0 Å². The summed E-state index contributed by atoms with van der Waals surface area (Å²) in [5, 5.41) is 3.13. The van der Waals surface area contributed by atoms with Crippen LogP contribution in [-0.4, -0.2) is 26.7 Å². The van der Waals surface area contributed by atoms with Crippen molar-refractivity contribution in [1.82, 2.24) is 5.32 Å². The number of carbonyl (C=O) groups excluding carboxylic acids is 1. The molecule has 0 aromatic heterocycles. The van der Waals surface area contributed by atoms with Gasteiger partial charge in [-0.3, -0.25) is 4.79 Å². The van der Waals surface area contributed by atoms with E-state index in [1.54, 1.807) is 38.5 Å². The van der Waals surface area contributed by atoms with Crippen LogP contribution in [0.3, 0.4) is 0 Å². The lowest BCUT2D eigenvalue weighted by molar-refractivity contribution is 0.0943. The molecular weight excluding hydrogens is 366 g/mol. The smallest absolute Gasteiger partial charge is 0.252 e. The lowest BCUT2D eigenvalue weighted by Crippen LogP contribution is -2.29. The molecule has 3 aromatic rings. The maximum absolute atomic E-state index is 12.9. The number of ether oxygens (including phenoxy) is 3. The van der Waals surface area contributed by atoms with Crippen LogP contribution >= 0.6 is 0 Å². The Labute approximate surface area is 171 Å². The van der Waals surface area contributed by atoms with Crippen LogP contribution in [0.4, 0.5) is 0 Å². The highest BCUT2D eigenvalue weighted by Crippen LogP contribution is 2.26. The normalized spacial score (nSPS) is 11.4. The Kier molecular flexibility index (Phi) is 6.74. The molecule has 0 saturated carbocycles. The van der Waals surface area contributed by atoms with Gasteiger partial charge in [0.1, 0.15) is 17.2 Å². The molecule has 1 N–H and O–H groups in total. The van der Waals surface area contributed by atoms with Gasteiger partial charge in [0.15, 0.2) is 0 Å². The zero-order valence-electron chi connectivity index (χ0n) is 16.8. The predicted octanol–water partition coefficient (Wildman–Crippen LogP) is 4.62. The van der Waals surface area contributed by atoms with Gasteiger partial charge in [-0.2, -0.15) is 0 Å². The van der Waals surface area contributed by atoms with Crippen molar-refractivity contribution in [1.29, 1.82) is 0 Å². The van der Waals surface area contributed by atoms with Crippen molar-refractivity contribution in [3.63, 3.8) is 0 Å². The summed E-state index contributed by atoms with van der Waals surface area (Å²) in [6.07, 6.45) is 0. The first-order valence-corrected chi connectivity index (χ1v) is 9.46. The molecule has 0 heterocycles. The fraction of sp³-hybridized carbons (Fsp3) is 0.208. The average molecular weight is 391 g/mol. The van der Waals surface area contributed by atoms with E-state index in [1.165, 1.54) is 0 Å². The zero-order chi connectivity index (χ0) is 20.6. The van der Waals surface area contributed by atoms with Crippen LogP contribution in [0.1, 0.15) is 34.5 Å². The van der Waals surface area contributed by atoms with E-state index in [9.17, 15) is 4.79 Å². The molecule has 1 atom stereocenters. The van der Waals surface area contributed by atoms with Gasteiger partial charge in [0.25, 0.3) is 5.91 Å². The topological polar surface area (TPSA) is 56.8 Å². The minimum Gasteiger partial charge on any atom is -0.497 e. The molecule has 0 aliphatic carbocycles. The Morgan fingerprint density at radius 3 is 1.66 bits per heavy atom. The maximum Gasteiger partial charge on any atom is 0.252 e. The third-order valence-corrected chi connectivity index (χ3v) is 4.60. The molecule has 0 aliphatic rings. The van der Waals surface area contributed by atoms with Crippen molar-refractivity contribution in [3.05, 3.63) is 89.5 Å².